The molecule has 4 heteroatoms. The topological polar surface area (TPSA) is 0 Å². The Kier molecular flexibility index (Phi) is 8.40. The van der Waals surface area contributed by atoms with E-state index in [1.165, 1.54) is 27.8 Å². The molecule has 0 saturated carbocycles. The summed E-state index contributed by atoms with van der Waals surface area (Å²) in [5, 5.41) is 1.61. The normalized spacial score (nSPS) is 11.5. The summed E-state index contributed by atoms with van der Waals surface area (Å²) in [4.78, 5) is 0. The van der Waals surface area contributed by atoms with Crippen LogP contribution in [-0.4, -0.2) is 10.2 Å². The summed E-state index contributed by atoms with van der Waals surface area (Å²) < 4.78 is 0. The van der Waals surface area contributed by atoms with E-state index in [1.54, 1.807) is 5.20 Å². The third-order valence-electron chi connectivity index (χ3n) is 1.93. The van der Waals surface area contributed by atoms with Gasteiger partial charge in [-0.2, -0.15) is 0 Å². The van der Waals surface area contributed by atoms with E-state index in [4.69, 9.17) is 0 Å². The molecule has 1 aromatic carbocycles. The van der Waals surface area contributed by atoms with Crippen molar-refractivity contribution >= 4 is 16.3 Å². The van der Waals surface area contributed by atoms with Gasteiger partial charge in [0.05, 0.1) is 0 Å². The molecule has 1 aliphatic rings. The quantitative estimate of drug-likeness (QED) is 0.412. The molecule has 1 aromatic rings. The molecular formula is C9H10Cl2SiTi+2. The standard InChI is InChI=1S/C9H10Si.2ClH.Ti/c10-9-5-7-3-1-2-4-8(7)6-9;;;/h1-5H,6H2,10H3;2*1H;/q;;;+4/p-2. The molecule has 0 saturated heterocycles. The van der Waals surface area contributed by atoms with Crippen LogP contribution in [0.3, 0.4) is 0 Å². The molecule has 0 atom stereocenters. The van der Waals surface area contributed by atoms with Gasteiger partial charge in [-0.1, -0.05) is 35.5 Å². The van der Waals surface area contributed by atoms with Crippen LogP contribution in [0.4, 0.5) is 0 Å². The van der Waals surface area contributed by atoms with E-state index in [0.29, 0.717) is 0 Å². The number of hydrogen-bond acceptors (Lipinski definition) is 0. The smallest absolute Gasteiger partial charge is 1.00 e. The van der Waals surface area contributed by atoms with Crippen LogP contribution in [0.25, 0.3) is 6.08 Å². The fraction of sp³-hybridized carbons (Fsp3) is 0.111. The van der Waals surface area contributed by atoms with E-state index in [-0.39, 0.29) is 46.5 Å². The third kappa shape index (κ3) is 3.61. The number of benzene rings is 1. The monoisotopic (exact) mass is 264 g/mol. The average molecular weight is 265 g/mol. The van der Waals surface area contributed by atoms with Gasteiger partial charge in [-0.05, 0) is 17.5 Å². The molecule has 0 amide bonds. The van der Waals surface area contributed by atoms with Crippen LogP contribution in [0.5, 0.6) is 0 Å². The summed E-state index contributed by atoms with van der Waals surface area (Å²) in [5.74, 6) is 0. The Labute approximate surface area is 109 Å². The second-order valence-corrected chi connectivity index (χ2v) is 4.15. The van der Waals surface area contributed by atoms with Crippen molar-refractivity contribution in [1.29, 1.82) is 0 Å². The van der Waals surface area contributed by atoms with Crippen molar-refractivity contribution in [1.82, 2.24) is 0 Å². The molecule has 0 nitrogen and oxygen atoms in total. The van der Waals surface area contributed by atoms with Gasteiger partial charge in [0, 0.05) is 10.2 Å². The Morgan fingerprint density at radius 1 is 1.08 bits per heavy atom. The Morgan fingerprint density at radius 3 is 2.31 bits per heavy atom. The van der Waals surface area contributed by atoms with Crippen molar-refractivity contribution in [3.8, 4) is 0 Å². The third-order valence-corrected chi connectivity index (χ3v) is 2.57. The van der Waals surface area contributed by atoms with E-state index in [9.17, 15) is 0 Å². The van der Waals surface area contributed by atoms with Crippen LogP contribution in [0.1, 0.15) is 11.1 Å². The summed E-state index contributed by atoms with van der Waals surface area (Å²) in [5.41, 5.74) is 2.94. The fourth-order valence-electron chi connectivity index (χ4n) is 1.45. The summed E-state index contributed by atoms with van der Waals surface area (Å²) in [6.45, 7) is 0. The maximum atomic E-state index is 2.32. The van der Waals surface area contributed by atoms with Crippen LogP contribution in [0, 0.1) is 0 Å². The van der Waals surface area contributed by atoms with E-state index in [2.05, 4.69) is 30.3 Å². The molecule has 0 aliphatic heterocycles. The Morgan fingerprint density at radius 2 is 1.69 bits per heavy atom. The van der Waals surface area contributed by atoms with Crippen molar-refractivity contribution in [2.75, 3.05) is 0 Å². The SMILES string of the molecule is [Cl-].[Cl-].[SiH3]C1=Cc2ccccc2C1.[Ti+4]. The fourth-order valence-corrected chi connectivity index (χ4v) is 2.14. The van der Waals surface area contributed by atoms with Crippen LogP contribution in [0.2, 0.25) is 0 Å². The number of halogens is 2. The second-order valence-electron chi connectivity index (χ2n) is 2.87. The first-order chi connectivity index (χ1) is 4.86. The van der Waals surface area contributed by atoms with Crippen LogP contribution >= 0.6 is 0 Å². The molecular weight excluding hydrogens is 255 g/mol. The summed E-state index contributed by atoms with van der Waals surface area (Å²) >= 11 is 0. The zero-order valence-electron chi connectivity index (χ0n) is 7.35. The largest absolute Gasteiger partial charge is 4.00 e. The molecule has 0 fully saturated rings. The molecule has 0 heterocycles. The van der Waals surface area contributed by atoms with Crippen LogP contribution in [-0.2, 0) is 28.1 Å². The van der Waals surface area contributed by atoms with E-state index in [0.717, 1.165) is 0 Å². The predicted molar refractivity (Wildman–Crippen MR) is 48.1 cm³/mol. The second kappa shape index (κ2) is 6.86. The molecule has 66 valence electrons. The first-order valence-electron chi connectivity index (χ1n) is 3.61. The number of allylic oxidation sites excluding steroid dienone is 1. The first kappa shape index (κ1) is 15.9. The molecule has 13 heavy (non-hydrogen) atoms. The van der Waals surface area contributed by atoms with E-state index in [1.807, 2.05) is 0 Å². The number of hydrogen-bond donors (Lipinski definition) is 0. The molecule has 0 spiro atoms. The van der Waals surface area contributed by atoms with Crippen molar-refractivity contribution in [2.24, 2.45) is 0 Å². The van der Waals surface area contributed by atoms with E-state index >= 15 is 0 Å². The van der Waals surface area contributed by atoms with Gasteiger partial charge in [0.2, 0.25) is 0 Å². The Bertz CT molecular complexity index is 299. The molecule has 0 N–H and O–H groups in total. The van der Waals surface area contributed by atoms with Crippen molar-refractivity contribution < 1.29 is 46.5 Å². The molecule has 0 unspecified atom stereocenters. The van der Waals surface area contributed by atoms with Crippen LogP contribution in [0.15, 0.2) is 29.5 Å². The van der Waals surface area contributed by atoms with Gasteiger partial charge < -0.3 is 24.8 Å². The van der Waals surface area contributed by atoms with Gasteiger partial charge in [0.1, 0.15) is 0 Å². The first-order valence-corrected chi connectivity index (χ1v) is 4.61. The summed E-state index contributed by atoms with van der Waals surface area (Å²) in [6.07, 6.45) is 3.53. The minimum Gasteiger partial charge on any atom is -1.00 e. The minimum absolute atomic E-state index is 0. The molecule has 0 bridgehead atoms. The summed E-state index contributed by atoms with van der Waals surface area (Å²) in [6, 6.07) is 8.64. The molecule has 2 rings (SSSR count). The van der Waals surface area contributed by atoms with Gasteiger partial charge in [-0.25, -0.2) is 0 Å². The zero-order chi connectivity index (χ0) is 6.97. The number of fused-ring (bicyclic) bond motifs is 1. The summed E-state index contributed by atoms with van der Waals surface area (Å²) in [7, 11) is 1.22. The maximum absolute atomic E-state index is 2.32. The maximum Gasteiger partial charge on any atom is 4.00 e. The van der Waals surface area contributed by atoms with Gasteiger partial charge in [-0.3, -0.25) is 0 Å². The minimum atomic E-state index is 0. The molecule has 0 radical (unpaired) electrons. The van der Waals surface area contributed by atoms with Gasteiger partial charge in [0.15, 0.2) is 0 Å². The average Bonchev–Trinajstić information content (AvgIpc) is 2.27. The van der Waals surface area contributed by atoms with Gasteiger partial charge in [0.25, 0.3) is 0 Å². The molecule has 1 aliphatic carbocycles. The predicted octanol–water partition coefficient (Wildman–Crippen LogP) is -5.05. The van der Waals surface area contributed by atoms with E-state index < -0.39 is 0 Å². The van der Waals surface area contributed by atoms with Crippen molar-refractivity contribution in [3.05, 3.63) is 40.6 Å². The van der Waals surface area contributed by atoms with Crippen molar-refractivity contribution in [3.63, 3.8) is 0 Å². The van der Waals surface area contributed by atoms with Crippen LogP contribution < -0.4 is 24.8 Å². The zero-order valence-corrected chi connectivity index (χ0v) is 12.4. The number of rotatable bonds is 0. The van der Waals surface area contributed by atoms with Crippen molar-refractivity contribution in [2.45, 2.75) is 6.42 Å². The van der Waals surface area contributed by atoms with Gasteiger partial charge in [-0.15, -0.1) is 0 Å². The van der Waals surface area contributed by atoms with Gasteiger partial charge >= 0.3 is 21.7 Å². The molecule has 0 aromatic heterocycles. The Balaban J connectivity index is 0. The Hall–Kier alpha value is 0.471.